The molecule has 0 aromatic heterocycles. The minimum Gasteiger partial charge on any atom is -0.508 e. The lowest BCUT2D eigenvalue weighted by Crippen LogP contribution is -2.02. The Bertz CT molecular complexity index is 584. The molecule has 0 heterocycles. The molecule has 4 heteroatoms. The number of aryl methyl sites for hydroxylation is 1. The molecule has 2 aromatic rings. The molecular weight excluding hydrogens is 245 g/mol. The van der Waals surface area contributed by atoms with Crippen molar-refractivity contribution < 1.29 is 14.2 Å². The first-order valence-corrected chi connectivity index (χ1v) is 5.96. The smallest absolute Gasteiger partial charge is 0.146 e. The fourth-order valence-electron chi connectivity index (χ4n) is 1.78. The van der Waals surface area contributed by atoms with E-state index in [4.69, 9.17) is 4.74 Å². The Morgan fingerprint density at radius 1 is 1.21 bits per heavy atom. The molecule has 0 aliphatic carbocycles. The Hall–Kier alpha value is -2.23. The molecule has 0 radical (unpaired) electrons. The molecule has 0 amide bonds. The van der Waals surface area contributed by atoms with E-state index in [9.17, 15) is 9.50 Å². The second kappa shape index (κ2) is 5.61. The first-order chi connectivity index (χ1) is 9.10. The molecule has 2 aromatic carbocycles. The predicted molar refractivity (Wildman–Crippen MR) is 73.1 cm³/mol. The van der Waals surface area contributed by atoms with Crippen LogP contribution in [0.3, 0.4) is 0 Å². The van der Waals surface area contributed by atoms with Gasteiger partial charge in [-0.05, 0) is 42.8 Å². The highest BCUT2D eigenvalue weighted by atomic mass is 19.1. The molecule has 0 bridgehead atoms. The van der Waals surface area contributed by atoms with Crippen LogP contribution in [0.1, 0.15) is 11.1 Å². The van der Waals surface area contributed by atoms with E-state index in [1.807, 2.05) is 13.0 Å². The van der Waals surface area contributed by atoms with Crippen molar-refractivity contribution in [2.45, 2.75) is 13.5 Å². The van der Waals surface area contributed by atoms with Crippen molar-refractivity contribution >= 4 is 5.69 Å². The highest BCUT2D eigenvalue weighted by Gasteiger charge is 2.06. The standard InChI is InChI=1S/C15H16FNO2/c1-10-3-5-14(13(16)7-10)17-9-11-8-12(19-2)4-6-15(11)18/h3-8,17-18H,9H2,1-2H3. The van der Waals surface area contributed by atoms with Crippen LogP contribution in [-0.2, 0) is 6.54 Å². The molecule has 0 fully saturated rings. The summed E-state index contributed by atoms with van der Waals surface area (Å²) in [6, 6.07) is 9.92. The summed E-state index contributed by atoms with van der Waals surface area (Å²) in [6.45, 7) is 2.16. The van der Waals surface area contributed by atoms with Gasteiger partial charge in [0, 0.05) is 12.1 Å². The first kappa shape index (κ1) is 13.2. The maximum atomic E-state index is 13.6. The molecule has 0 spiro atoms. The van der Waals surface area contributed by atoms with Gasteiger partial charge in [-0.1, -0.05) is 6.07 Å². The normalized spacial score (nSPS) is 10.3. The summed E-state index contributed by atoms with van der Waals surface area (Å²) in [5, 5.41) is 12.7. The molecule has 0 aliphatic rings. The van der Waals surface area contributed by atoms with E-state index in [2.05, 4.69) is 5.32 Å². The van der Waals surface area contributed by atoms with Crippen LogP contribution in [0.4, 0.5) is 10.1 Å². The van der Waals surface area contributed by atoms with Crippen molar-refractivity contribution in [1.29, 1.82) is 0 Å². The van der Waals surface area contributed by atoms with Crippen LogP contribution in [0.25, 0.3) is 0 Å². The van der Waals surface area contributed by atoms with Gasteiger partial charge in [0.1, 0.15) is 17.3 Å². The van der Waals surface area contributed by atoms with Gasteiger partial charge in [0.05, 0.1) is 12.8 Å². The largest absolute Gasteiger partial charge is 0.508 e. The molecule has 2 rings (SSSR count). The van der Waals surface area contributed by atoms with Gasteiger partial charge in [0.25, 0.3) is 0 Å². The summed E-state index contributed by atoms with van der Waals surface area (Å²) in [4.78, 5) is 0. The van der Waals surface area contributed by atoms with Gasteiger partial charge >= 0.3 is 0 Å². The second-order valence-electron chi connectivity index (χ2n) is 4.33. The zero-order chi connectivity index (χ0) is 13.8. The number of anilines is 1. The quantitative estimate of drug-likeness (QED) is 0.885. The zero-order valence-corrected chi connectivity index (χ0v) is 10.9. The number of nitrogens with one attached hydrogen (secondary N) is 1. The van der Waals surface area contributed by atoms with Crippen LogP contribution in [0.2, 0.25) is 0 Å². The van der Waals surface area contributed by atoms with Gasteiger partial charge in [-0.15, -0.1) is 0 Å². The van der Waals surface area contributed by atoms with Crippen LogP contribution in [0.15, 0.2) is 36.4 Å². The van der Waals surface area contributed by atoms with Gasteiger partial charge in [-0.25, -0.2) is 4.39 Å². The summed E-state index contributed by atoms with van der Waals surface area (Å²) >= 11 is 0. The second-order valence-corrected chi connectivity index (χ2v) is 4.33. The first-order valence-electron chi connectivity index (χ1n) is 5.96. The minimum atomic E-state index is -0.303. The topological polar surface area (TPSA) is 41.5 Å². The van der Waals surface area contributed by atoms with Crippen LogP contribution in [0, 0.1) is 12.7 Å². The number of phenolic OH excluding ortho intramolecular Hbond substituents is 1. The lowest BCUT2D eigenvalue weighted by Gasteiger charge is -2.10. The number of hydrogen-bond acceptors (Lipinski definition) is 3. The van der Waals surface area contributed by atoms with Crippen molar-refractivity contribution in [3.63, 3.8) is 0 Å². The van der Waals surface area contributed by atoms with Gasteiger partial charge in [-0.2, -0.15) is 0 Å². The van der Waals surface area contributed by atoms with E-state index in [-0.39, 0.29) is 11.6 Å². The minimum absolute atomic E-state index is 0.154. The molecule has 0 atom stereocenters. The third-order valence-corrected chi connectivity index (χ3v) is 2.88. The molecule has 2 N–H and O–H groups in total. The summed E-state index contributed by atoms with van der Waals surface area (Å²) in [5.74, 6) is 0.502. The van der Waals surface area contributed by atoms with Crippen LogP contribution < -0.4 is 10.1 Å². The molecule has 3 nitrogen and oxygen atoms in total. The monoisotopic (exact) mass is 261 g/mol. The third kappa shape index (κ3) is 3.16. The number of halogens is 1. The number of rotatable bonds is 4. The van der Waals surface area contributed by atoms with E-state index >= 15 is 0 Å². The van der Waals surface area contributed by atoms with E-state index < -0.39 is 0 Å². The van der Waals surface area contributed by atoms with Gasteiger partial charge in [0.2, 0.25) is 0 Å². The third-order valence-electron chi connectivity index (χ3n) is 2.88. The number of aromatic hydroxyl groups is 1. The zero-order valence-electron chi connectivity index (χ0n) is 10.9. The van der Waals surface area contributed by atoms with Crippen LogP contribution in [0.5, 0.6) is 11.5 Å². The molecule has 100 valence electrons. The summed E-state index contributed by atoms with van der Waals surface area (Å²) in [7, 11) is 1.56. The summed E-state index contributed by atoms with van der Waals surface area (Å²) in [5.41, 5.74) is 1.93. The van der Waals surface area contributed by atoms with Crippen molar-refractivity contribution in [3.05, 3.63) is 53.3 Å². The Kier molecular flexibility index (Phi) is 3.90. The van der Waals surface area contributed by atoms with Gasteiger partial charge in [0.15, 0.2) is 0 Å². The van der Waals surface area contributed by atoms with Gasteiger partial charge in [-0.3, -0.25) is 0 Å². The predicted octanol–water partition coefficient (Wildman–Crippen LogP) is 3.46. The molecular formula is C15H16FNO2. The molecule has 0 aliphatic heterocycles. The Morgan fingerprint density at radius 2 is 2.00 bits per heavy atom. The maximum absolute atomic E-state index is 13.6. The molecule has 0 unspecified atom stereocenters. The number of hydrogen-bond donors (Lipinski definition) is 2. The lowest BCUT2D eigenvalue weighted by atomic mass is 10.1. The maximum Gasteiger partial charge on any atom is 0.146 e. The lowest BCUT2D eigenvalue weighted by molar-refractivity contribution is 0.411. The van der Waals surface area contributed by atoms with E-state index in [1.54, 1.807) is 31.4 Å². The number of methoxy groups -OCH3 is 1. The van der Waals surface area contributed by atoms with Crippen molar-refractivity contribution in [3.8, 4) is 11.5 Å². The Morgan fingerprint density at radius 3 is 2.68 bits per heavy atom. The molecule has 19 heavy (non-hydrogen) atoms. The van der Waals surface area contributed by atoms with Crippen molar-refractivity contribution in [2.24, 2.45) is 0 Å². The fraction of sp³-hybridized carbons (Fsp3) is 0.200. The number of phenols is 1. The molecule has 0 saturated heterocycles. The van der Waals surface area contributed by atoms with Crippen molar-refractivity contribution in [1.82, 2.24) is 0 Å². The van der Waals surface area contributed by atoms with E-state index in [0.717, 1.165) is 5.56 Å². The molecule has 0 saturated carbocycles. The summed E-state index contributed by atoms with van der Waals surface area (Å²) < 4.78 is 18.7. The Balaban J connectivity index is 2.14. The van der Waals surface area contributed by atoms with E-state index in [1.165, 1.54) is 6.07 Å². The average molecular weight is 261 g/mol. The highest BCUT2D eigenvalue weighted by molar-refractivity contribution is 5.48. The fourth-order valence-corrected chi connectivity index (χ4v) is 1.78. The summed E-state index contributed by atoms with van der Waals surface area (Å²) in [6.07, 6.45) is 0. The van der Waals surface area contributed by atoms with Crippen molar-refractivity contribution in [2.75, 3.05) is 12.4 Å². The average Bonchev–Trinajstić information content (AvgIpc) is 2.39. The highest BCUT2D eigenvalue weighted by Crippen LogP contribution is 2.24. The van der Waals surface area contributed by atoms with Crippen LogP contribution in [-0.4, -0.2) is 12.2 Å². The van der Waals surface area contributed by atoms with Gasteiger partial charge < -0.3 is 15.2 Å². The number of ether oxygens (including phenoxy) is 1. The number of benzene rings is 2. The van der Waals surface area contributed by atoms with E-state index in [0.29, 0.717) is 23.5 Å². The Labute approximate surface area is 111 Å². The van der Waals surface area contributed by atoms with Crippen LogP contribution >= 0.6 is 0 Å². The SMILES string of the molecule is COc1ccc(O)c(CNc2ccc(C)cc2F)c1.